The van der Waals surface area contributed by atoms with Gasteiger partial charge in [0.2, 0.25) is 18.6 Å². The first-order chi connectivity index (χ1) is 8.80. The van der Waals surface area contributed by atoms with Gasteiger partial charge in [0.25, 0.3) is 0 Å². The molecular formula is C6H3N9O3. The van der Waals surface area contributed by atoms with Gasteiger partial charge in [-0.1, -0.05) is 0 Å². The molecule has 12 heteroatoms. The summed E-state index contributed by atoms with van der Waals surface area (Å²) in [6.07, 6.45) is 4.35. The maximum absolute atomic E-state index is 8.22. The van der Waals surface area contributed by atoms with Gasteiger partial charge in [-0.2, -0.15) is 32.2 Å². The summed E-state index contributed by atoms with van der Waals surface area (Å²) in [5, 5.41) is 24.7. The fraction of sp³-hybridized carbons (Fsp3) is 0. The number of aromatic nitrogens is 3. The Hall–Kier alpha value is -3.72. The Morgan fingerprint density at radius 2 is 0.944 bits per heavy atom. The first-order valence-corrected chi connectivity index (χ1v) is 3.99. The van der Waals surface area contributed by atoms with E-state index in [0.29, 0.717) is 0 Å². The number of nitrogens with one attached hydrogen (secondary N) is 3. The Labute approximate surface area is 99.2 Å². The molecule has 0 aliphatic heterocycles. The van der Waals surface area contributed by atoms with Crippen LogP contribution in [0.25, 0.3) is 0 Å². The summed E-state index contributed by atoms with van der Waals surface area (Å²) in [5.74, 6) is 0. The van der Waals surface area contributed by atoms with Crippen molar-refractivity contribution in [1.82, 2.24) is 31.4 Å². The second-order valence-corrected chi connectivity index (χ2v) is 2.13. The molecule has 18 heavy (non-hydrogen) atoms. The highest BCUT2D eigenvalue weighted by molar-refractivity contribution is 5.08. The third kappa shape index (κ3) is 3.80. The normalized spacial score (nSPS) is 7.83. The second-order valence-electron chi connectivity index (χ2n) is 2.13. The lowest BCUT2D eigenvalue weighted by Crippen LogP contribution is -2.19. The van der Waals surface area contributed by atoms with Crippen molar-refractivity contribution in [1.29, 1.82) is 15.8 Å². The first-order valence-electron chi connectivity index (χ1n) is 3.99. The number of hydroxylamine groups is 3. The summed E-state index contributed by atoms with van der Waals surface area (Å²) in [6.45, 7) is 0. The molecule has 0 amide bonds. The Kier molecular flexibility index (Phi) is 4.60. The van der Waals surface area contributed by atoms with Crippen LogP contribution in [0.2, 0.25) is 0 Å². The number of hydrogen-bond donors (Lipinski definition) is 3. The van der Waals surface area contributed by atoms with E-state index in [1.165, 1.54) is 18.6 Å². The molecule has 90 valence electrons. The van der Waals surface area contributed by atoms with E-state index >= 15 is 0 Å². The van der Waals surface area contributed by atoms with Crippen LogP contribution in [0.5, 0.6) is 18.0 Å². The van der Waals surface area contributed by atoms with Crippen molar-refractivity contribution in [2.45, 2.75) is 0 Å². The molecule has 0 atom stereocenters. The highest BCUT2D eigenvalue weighted by Crippen LogP contribution is 2.12. The largest absolute Gasteiger partial charge is 0.353 e. The molecule has 0 spiro atoms. The van der Waals surface area contributed by atoms with Crippen molar-refractivity contribution in [2.75, 3.05) is 0 Å². The maximum Gasteiger partial charge on any atom is 0.353 e. The summed E-state index contributed by atoms with van der Waals surface area (Å²) in [4.78, 5) is 24.2. The molecule has 3 N–H and O–H groups in total. The lowest BCUT2D eigenvalue weighted by atomic mass is 10.9. The van der Waals surface area contributed by atoms with E-state index < -0.39 is 0 Å². The van der Waals surface area contributed by atoms with Crippen LogP contribution >= 0.6 is 0 Å². The Bertz CT molecular complexity index is 438. The van der Waals surface area contributed by atoms with Gasteiger partial charge in [-0.15, -0.1) is 15.0 Å². The van der Waals surface area contributed by atoms with Crippen LogP contribution < -0.4 is 31.0 Å². The van der Waals surface area contributed by atoms with Gasteiger partial charge in [0, 0.05) is 0 Å². The van der Waals surface area contributed by atoms with Gasteiger partial charge in [-0.3, -0.25) is 0 Å². The summed E-state index contributed by atoms with van der Waals surface area (Å²) in [5.41, 5.74) is 5.41. The van der Waals surface area contributed by atoms with Crippen LogP contribution in [0.15, 0.2) is 0 Å². The fourth-order valence-electron chi connectivity index (χ4n) is 0.663. The topological polar surface area (TPSA) is 174 Å². The zero-order chi connectivity index (χ0) is 13.2. The predicted molar refractivity (Wildman–Crippen MR) is 48.0 cm³/mol. The Balaban J connectivity index is 2.86. The molecule has 1 aromatic heterocycles. The quantitative estimate of drug-likeness (QED) is 0.286. The van der Waals surface area contributed by atoms with Crippen LogP contribution in [0.3, 0.4) is 0 Å². The van der Waals surface area contributed by atoms with Crippen LogP contribution in [0.4, 0.5) is 0 Å². The van der Waals surface area contributed by atoms with E-state index in [4.69, 9.17) is 15.8 Å². The summed E-state index contributed by atoms with van der Waals surface area (Å²) >= 11 is 0. The van der Waals surface area contributed by atoms with Gasteiger partial charge >= 0.3 is 18.0 Å². The van der Waals surface area contributed by atoms with E-state index in [0.717, 1.165) is 0 Å². The van der Waals surface area contributed by atoms with E-state index in [-0.39, 0.29) is 18.0 Å². The third-order valence-corrected chi connectivity index (χ3v) is 1.14. The molecule has 0 saturated heterocycles. The van der Waals surface area contributed by atoms with Gasteiger partial charge < -0.3 is 14.5 Å². The van der Waals surface area contributed by atoms with Crippen molar-refractivity contribution in [3.8, 4) is 36.6 Å². The molecular weight excluding hydrogens is 246 g/mol. The summed E-state index contributed by atoms with van der Waals surface area (Å²) < 4.78 is 0. The third-order valence-electron chi connectivity index (χ3n) is 1.14. The first kappa shape index (κ1) is 12.4. The van der Waals surface area contributed by atoms with Crippen molar-refractivity contribution in [2.24, 2.45) is 0 Å². The van der Waals surface area contributed by atoms with Crippen molar-refractivity contribution < 1.29 is 14.5 Å². The van der Waals surface area contributed by atoms with Gasteiger partial charge in [0.15, 0.2) is 0 Å². The van der Waals surface area contributed by atoms with Gasteiger partial charge in [0.1, 0.15) is 0 Å². The molecule has 0 fully saturated rings. The minimum Gasteiger partial charge on any atom is -0.330 e. The zero-order valence-corrected chi connectivity index (χ0v) is 8.41. The van der Waals surface area contributed by atoms with Crippen molar-refractivity contribution in [3.63, 3.8) is 0 Å². The monoisotopic (exact) mass is 249 g/mol. The van der Waals surface area contributed by atoms with E-state index in [2.05, 4.69) is 29.5 Å². The zero-order valence-electron chi connectivity index (χ0n) is 8.41. The molecule has 1 rings (SSSR count). The molecule has 0 bridgehead atoms. The molecule has 0 aliphatic carbocycles. The maximum atomic E-state index is 8.22. The lowest BCUT2D eigenvalue weighted by molar-refractivity contribution is 0.176. The minimum absolute atomic E-state index is 0.379. The smallest absolute Gasteiger partial charge is 0.330 e. The predicted octanol–water partition coefficient (Wildman–Crippen LogP) is -2.03. The lowest BCUT2D eigenvalue weighted by Gasteiger charge is -2.04. The SMILES string of the molecule is N#CNOc1nc(ONC#N)nc(ONC#N)n1. The molecule has 0 aromatic carbocycles. The van der Waals surface area contributed by atoms with Gasteiger partial charge in [0.05, 0.1) is 0 Å². The molecule has 0 radical (unpaired) electrons. The van der Waals surface area contributed by atoms with Crippen LogP contribution in [0.1, 0.15) is 0 Å². The second kappa shape index (κ2) is 6.71. The van der Waals surface area contributed by atoms with Crippen LogP contribution in [-0.4, -0.2) is 15.0 Å². The molecule has 12 nitrogen and oxygen atoms in total. The van der Waals surface area contributed by atoms with Crippen LogP contribution in [0, 0.1) is 34.4 Å². The fourth-order valence-corrected chi connectivity index (χ4v) is 0.663. The highest BCUT2D eigenvalue weighted by Gasteiger charge is 2.10. The van der Waals surface area contributed by atoms with E-state index in [1.54, 1.807) is 16.4 Å². The van der Waals surface area contributed by atoms with Crippen LogP contribution in [-0.2, 0) is 0 Å². The van der Waals surface area contributed by atoms with E-state index in [1.807, 2.05) is 0 Å². The Morgan fingerprint density at radius 3 is 1.17 bits per heavy atom. The number of nitrogens with zero attached hydrogens (tertiary/aromatic N) is 6. The number of rotatable bonds is 6. The summed E-state index contributed by atoms with van der Waals surface area (Å²) in [6, 6.07) is -1.14. The molecule has 1 heterocycles. The van der Waals surface area contributed by atoms with Gasteiger partial charge in [-0.05, 0) is 0 Å². The molecule has 1 aromatic rings. The highest BCUT2D eigenvalue weighted by atomic mass is 16.7. The van der Waals surface area contributed by atoms with Crippen molar-refractivity contribution >= 4 is 0 Å². The minimum atomic E-state index is -0.379. The standard InChI is InChI=1S/C6H3N9O3/c7-1-10-16-4-13-5(17-11-2-8)15-6(14-4)18-12-3-9/h10-12H. The molecule has 0 saturated carbocycles. The van der Waals surface area contributed by atoms with Gasteiger partial charge in [-0.25, -0.2) is 0 Å². The molecule has 0 aliphatic rings. The average Bonchev–Trinajstić information content (AvgIpc) is 2.40. The summed E-state index contributed by atoms with van der Waals surface area (Å²) in [7, 11) is 0. The average molecular weight is 249 g/mol. The van der Waals surface area contributed by atoms with Crippen molar-refractivity contribution in [3.05, 3.63) is 0 Å². The molecule has 0 unspecified atom stereocenters. The number of nitriles is 3. The number of hydrogen-bond acceptors (Lipinski definition) is 12. The Morgan fingerprint density at radius 1 is 0.667 bits per heavy atom. The van der Waals surface area contributed by atoms with E-state index in [9.17, 15) is 0 Å².